The number of non-ortho nitro benzene ring substituents is 1. The van der Waals surface area contributed by atoms with Crippen molar-refractivity contribution >= 4 is 52.1 Å². The molecule has 0 saturated heterocycles. The van der Waals surface area contributed by atoms with E-state index in [-0.39, 0.29) is 27.8 Å². The summed E-state index contributed by atoms with van der Waals surface area (Å²) >= 11 is 11.9. The number of carbonyl (C=O) groups is 2. The summed E-state index contributed by atoms with van der Waals surface area (Å²) in [5.41, 5.74) is 0.213. The molecule has 1 heterocycles. The molecule has 7 nitrogen and oxygen atoms in total. The van der Waals surface area contributed by atoms with Gasteiger partial charge in [0.2, 0.25) is 0 Å². The number of anilines is 2. The Bertz CT molecular complexity index is 942. The lowest BCUT2D eigenvalue weighted by Crippen LogP contribution is -2.32. The van der Waals surface area contributed by atoms with Gasteiger partial charge in [-0.1, -0.05) is 35.3 Å². The molecule has 0 atom stereocenters. The number of rotatable bonds is 4. The summed E-state index contributed by atoms with van der Waals surface area (Å²) < 4.78 is 0. The van der Waals surface area contributed by atoms with Crippen LogP contribution in [0.2, 0.25) is 5.02 Å². The van der Waals surface area contributed by atoms with E-state index in [4.69, 9.17) is 23.2 Å². The fourth-order valence-electron chi connectivity index (χ4n) is 2.30. The highest BCUT2D eigenvalue weighted by Crippen LogP contribution is 2.31. The number of imide groups is 1. The maximum Gasteiger partial charge on any atom is 0.283 e. The van der Waals surface area contributed by atoms with Crippen LogP contribution in [0.25, 0.3) is 0 Å². The third-order valence-electron chi connectivity index (χ3n) is 3.42. The summed E-state index contributed by atoms with van der Waals surface area (Å²) in [5.74, 6) is -1.38. The predicted octanol–water partition coefficient (Wildman–Crippen LogP) is 3.68. The number of nitro groups is 1. The van der Waals surface area contributed by atoms with E-state index in [0.717, 1.165) is 4.90 Å². The van der Waals surface area contributed by atoms with Crippen molar-refractivity contribution in [1.82, 2.24) is 0 Å². The van der Waals surface area contributed by atoms with Gasteiger partial charge in [-0.15, -0.1) is 0 Å². The Morgan fingerprint density at radius 1 is 1.00 bits per heavy atom. The van der Waals surface area contributed by atoms with Crippen LogP contribution in [0, 0.1) is 10.1 Å². The van der Waals surface area contributed by atoms with Crippen LogP contribution in [-0.2, 0) is 9.59 Å². The second-order valence-corrected chi connectivity index (χ2v) is 5.86. The Balaban J connectivity index is 1.92. The lowest BCUT2D eigenvalue weighted by Gasteiger charge is -2.15. The third kappa shape index (κ3) is 3.19. The maximum absolute atomic E-state index is 12.6. The number of nitro benzene ring substituents is 1. The van der Waals surface area contributed by atoms with E-state index in [1.165, 1.54) is 30.3 Å². The van der Waals surface area contributed by atoms with E-state index in [1.54, 1.807) is 18.2 Å². The van der Waals surface area contributed by atoms with Gasteiger partial charge in [-0.2, -0.15) is 0 Å². The molecule has 1 aliphatic heterocycles. The molecular formula is C16H9Cl2N3O4. The first-order chi connectivity index (χ1) is 11.9. The Kier molecular flexibility index (Phi) is 4.43. The fourth-order valence-corrected chi connectivity index (χ4v) is 2.70. The van der Waals surface area contributed by atoms with Gasteiger partial charge in [-0.05, 0) is 24.3 Å². The van der Waals surface area contributed by atoms with Crippen molar-refractivity contribution in [1.29, 1.82) is 0 Å². The Morgan fingerprint density at radius 2 is 1.72 bits per heavy atom. The highest BCUT2D eigenvalue weighted by Gasteiger charge is 2.39. The number of carbonyl (C=O) groups excluding carboxylic acids is 2. The van der Waals surface area contributed by atoms with Crippen LogP contribution in [-0.4, -0.2) is 16.7 Å². The molecule has 0 bridgehead atoms. The number of nitrogens with one attached hydrogen (secondary N) is 1. The molecule has 0 aliphatic carbocycles. The van der Waals surface area contributed by atoms with E-state index in [2.05, 4.69) is 5.32 Å². The van der Waals surface area contributed by atoms with Gasteiger partial charge in [-0.3, -0.25) is 19.7 Å². The van der Waals surface area contributed by atoms with Gasteiger partial charge in [0.05, 0.1) is 10.6 Å². The summed E-state index contributed by atoms with van der Waals surface area (Å²) in [6.07, 6.45) is 0. The molecule has 0 spiro atoms. The lowest BCUT2D eigenvalue weighted by molar-refractivity contribution is -0.384. The summed E-state index contributed by atoms with van der Waals surface area (Å²) in [6.45, 7) is 0. The second-order valence-electron chi connectivity index (χ2n) is 5.05. The molecule has 25 heavy (non-hydrogen) atoms. The molecular weight excluding hydrogens is 369 g/mol. The average molecular weight is 378 g/mol. The van der Waals surface area contributed by atoms with E-state index < -0.39 is 16.7 Å². The summed E-state index contributed by atoms with van der Waals surface area (Å²) in [7, 11) is 0. The van der Waals surface area contributed by atoms with Crippen molar-refractivity contribution in [2.75, 3.05) is 10.2 Å². The Morgan fingerprint density at radius 3 is 2.40 bits per heavy atom. The average Bonchev–Trinajstić information content (AvgIpc) is 2.79. The zero-order valence-corrected chi connectivity index (χ0v) is 13.9. The minimum atomic E-state index is -0.707. The van der Waals surface area contributed by atoms with Gasteiger partial charge in [0, 0.05) is 22.8 Å². The molecule has 126 valence electrons. The highest BCUT2D eigenvalue weighted by molar-refractivity contribution is 6.53. The number of hydrogen-bond donors (Lipinski definition) is 1. The first kappa shape index (κ1) is 16.9. The van der Waals surface area contributed by atoms with Crippen molar-refractivity contribution in [2.24, 2.45) is 0 Å². The molecule has 2 aromatic rings. The van der Waals surface area contributed by atoms with Crippen LogP contribution in [0.1, 0.15) is 0 Å². The number of nitrogens with zero attached hydrogens (tertiary/aromatic N) is 2. The van der Waals surface area contributed by atoms with Crippen molar-refractivity contribution in [3.63, 3.8) is 0 Å². The Hall–Kier alpha value is -2.90. The van der Waals surface area contributed by atoms with E-state index in [1.807, 2.05) is 0 Å². The molecule has 2 aromatic carbocycles. The van der Waals surface area contributed by atoms with Gasteiger partial charge < -0.3 is 5.32 Å². The molecule has 1 N–H and O–H groups in total. The minimum Gasteiger partial charge on any atom is -0.349 e. The van der Waals surface area contributed by atoms with Gasteiger partial charge in [-0.25, -0.2) is 4.90 Å². The van der Waals surface area contributed by atoms with Crippen LogP contribution >= 0.6 is 23.2 Å². The first-order valence-corrected chi connectivity index (χ1v) is 7.69. The minimum absolute atomic E-state index is 0.160. The van der Waals surface area contributed by atoms with Gasteiger partial charge >= 0.3 is 0 Å². The number of halogens is 2. The van der Waals surface area contributed by atoms with Gasteiger partial charge in [0.1, 0.15) is 10.7 Å². The zero-order valence-electron chi connectivity index (χ0n) is 12.4. The SMILES string of the molecule is O=C1C(Cl)=C(Nc2cccc([N+](=O)[O-])c2)C(=O)N1c1cccc(Cl)c1. The monoisotopic (exact) mass is 377 g/mol. The molecule has 0 radical (unpaired) electrons. The van der Waals surface area contributed by atoms with E-state index in [9.17, 15) is 19.7 Å². The van der Waals surface area contributed by atoms with Crippen molar-refractivity contribution in [3.8, 4) is 0 Å². The third-order valence-corrected chi connectivity index (χ3v) is 4.01. The largest absolute Gasteiger partial charge is 0.349 e. The van der Waals surface area contributed by atoms with Crippen LogP contribution in [0.4, 0.5) is 17.1 Å². The summed E-state index contributed by atoms with van der Waals surface area (Å²) in [6, 6.07) is 11.7. The molecule has 0 fully saturated rings. The highest BCUT2D eigenvalue weighted by atomic mass is 35.5. The molecule has 0 saturated carbocycles. The summed E-state index contributed by atoms with van der Waals surface area (Å²) in [5, 5.41) is 13.6. The topological polar surface area (TPSA) is 92.5 Å². The number of amides is 2. The molecule has 1 aliphatic rings. The Labute approximate surface area is 151 Å². The fraction of sp³-hybridized carbons (Fsp3) is 0. The maximum atomic E-state index is 12.6. The predicted molar refractivity (Wildman–Crippen MR) is 93.5 cm³/mol. The first-order valence-electron chi connectivity index (χ1n) is 6.94. The molecule has 2 amide bonds. The van der Waals surface area contributed by atoms with E-state index in [0.29, 0.717) is 5.02 Å². The molecule has 3 rings (SSSR count). The second kappa shape index (κ2) is 6.54. The molecule has 0 aromatic heterocycles. The van der Waals surface area contributed by atoms with Crippen LogP contribution in [0.3, 0.4) is 0 Å². The molecule has 9 heteroatoms. The van der Waals surface area contributed by atoms with Crippen molar-refractivity contribution in [3.05, 3.63) is 74.4 Å². The zero-order chi connectivity index (χ0) is 18.1. The smallest absolute Gasteiger partial charge is 0.283 e. The lowest BCUT2D eigenvalue weighted by atomic mass is 10.2. The standard InChI is InChI=1S/C16H9Cl2N3O4/c17-9-3-1-5-11(7-9)20-15(22)13(18)14(16(20)23)19-10-4-2-6-12(8-10)21(24)25/h1-8,19H. The van der Waals surface area contributed by atoms with Crippen molar-refractivity contribution in [2.45, 2.75) is 0 Å². The molecule has 0 unspecified atom stereocenters. The number of hydrogen-bond acceptors (Lipinski definition) is 5. The van der Waals surface area contributed by atoms with E-state index >= 15 is 0 Å². The van der Waals surface area contributed by atoms with Crippen LogP contribution < -0.4 is 10.2 Å². The normalized spacial score (nSPS) is 14.2. The van der Waals surface area contributed by atoms with Gasteiger partial charge in [0.15, 0.2) is 0 Å². The van der Waals surface area contributed by atoms with Crippen LogP contribution in [0.15, 0.2) is 59.3 Å². The number of benzene rings is 2. The quantitative estimate of drug-likeness (QED) is 0.498. The van der Waals surface area contributed by atoms with Crippen LogP contribution in [0.5, 0.6) is 0 Å². The van der Waals surface area contributed by atoms with Gasteiger partial charge in [0.25, 0.3) is 17.5 Å². The van der Waals surface area contributed by atoms with Crippen molar-refractivity contribution < 1.29 is 14.5 Å². The summed E-state index contributed by atoms with van der Waals surface area (Å²) in [4.78, 5) is 36.1.